The van der Waals surface area contributed by atoms with Gasteiger partial charge in [0, 0.05) is 6.20 Å². The molecule has 0 aliphatic heterocycles. The number of nitrogens with one attached hydrogen (secondary N) is 1. The van der Waals surface area contributed by atoms with Crippen LogP contribution < -0.4 is 5.48 Å². The molecule has 0 spiro atoms. The minimum Gasteiger partial charge on any atom is -0.268 e. The molecule has 0 atom stereocenters. The van der Waals surface area contributed by atoms with Gasteiger partial charge in [0.15, 0.2) is 5.82 Å². The van der Waals surface area contributed by atoms with Crippen LogP contribution in [0.25, 0.3) is 0 Å². The van der Waals surface area contributed by atoms with Gasteiger partial charge in [-0.1, -0.05) is 0 Å². The molecule has 4 nitrogen and oxygen atoms in total. The lowest BCUT2D eigenvalue weighted by molar-refractivity contribution is -0.0591. The highest BCUT2D eigenvalue weighted by molar-refractivity contribution is 5.93. The van der Waals surface area contributed by atoms with Crippen LogP contribution in [0, 0.1) is 5.82 Å². The minimum atomic E-state index is -0.674. The second kappa shape index (κ2) is 4.35. The molecule has 0 aliphatic rings. The van der Waals surface area contributed by atoms with E-state index >= 15 is 0 Å². The first-order valence-corrected chi connectivity index (χ1v) is 4.48. The molecule has 1 heterocycles. The Labute approximate surface area is 87.4 Å². The second-order valence-electron chi connectivity index (χ2n) is 4.00. The number of nitrogens with zero attached hydrogens (tertiary/aromatic N) is 1. The van der Waals surface area contributed by atoms with Crippen molar-refractivity contribution in [3.8, 4) is 0 Å². The Morgan fingerprint density at radius 1 is 1.53 bits per heavy atom. The Balaban J connectivity index is 2.66. The van der Waals surface area contributed by atoms with Crippen molar-refractivity contribution in [2.24, 2.45) is 0 Å². The van der Waals surface area contributed by atoms with Crippen molar-refractivity contribution in [1.29, 1.82) is 0 Å². The van der Waals surface area contributed by atoms with Gasteiger partial charge in [-0.2, -0.15) is 0 Å². The first-order valence-electron chi connectivity index (χ1n) is 4.48. The Kier molecular flexibility index (Phi) is 3.36. The molecule has 0 radical (unpaired) electrons. The molecular weight excluding hydrogens is 199 g/mol. The van der Waals surface area contributed by atoms with Crippen molar-refractivity contribution in [2.45, 2.75) is 26.4 Å². The maximum atomic E-state index is 13.1. The Morgan fingerprint density at radius 2 is 2.20 bits per heavy atom. The first kappa shape index (κ1) is 11.6. The number of amides is 1. The molecule has 0 saturated carbocycles. The molecule has 1 amide bonds. The number of aromatic nitrogens is 1. The molecule has 1 aromatic heterocycles. The number of hydrogen-bond acceptors (Lipinski definition) is 3. The Morgan fingerprint density at radius 3 is 2.73 bits per heavy atom. The van der Waals surface area contributed by atoms with Crippen LogP contribution in [0.3, 0.4) is 0 Å². The van der Waals surface area contributed by atoms with Crippen molar-refractivity contribution >= 4 is 5.91 Å². The van der Waals surface area contributed by atoms with E-state index in [1.165, 1.54) is 12.3 Å². The van der Waals surface area contributed by atoms with E-state index in [-0.39, 0.29) is 5.56 Å². The lowest BCUT2D eigenvalue weighted by Crippen LogP contribution is -2.33. The number of carbonyl (C=O) groups is 1. The van der Waals surface area contributed by atoms with Crippen LogP contribution in [0.15, 0.2) is 18.5 Å². The summed E-state index contributed by atoms with van der Waals surface area (Å²) in [4.78, 5) is 20.0. The van der Waals surface area contributed by atoms with E-state index in [1.807, 2.05) is 0 Å². The monoisotopic (exact) mass is 212 g/mol. The van der Waals surface area contributed by atoms with Crippen molar-refractivity contribution in [3.05, 3.63) is 29.8 Å². The summed E-state index contributed by atoms with van der Waals surface area (Å²) >= 11 is 0. The van der Waals surface area contributed by atoms with Gasteiger partial charge in [0.05, 0.1) is 17.4 Å². The lowest BCUT2D eigenvalue weighted by Gasteiger charge is -2.18. The van der Waals surface area contributed by atoms with Gasteiger partial charge >= 0.3 is 0 Å². The van der Waals surface area contributed by atoms with Crippen LogP contribution in [-0.4, -0.2) is 16.5 Å². The summed E-state index contributed by atoms with van der Waals surface area (Å²) in [6.45, 7) is 5.32. The summed E-state index contributed by atoms with van der Waals surface area (Å²) in [5.74, 6) is -1.29. The summed E-state index contributed by atoms with van der Waals surface area (Å²) < 4.78 is 13.1. The molecular formula is C10H13FN2O2. The van der Waals surface area contributed by atoms with E-state index in [4.69, 9.17) is 4.84 Å². The average Bonchev–Trinajstić information content (AvgIpc) is 2.14. The zero-order valence-electron chi connectivity index (χ0n) is 8.87. The molecule has 0 saturated heterocycles. The van der Waals surface area contributed by atoms with E-state index in [2.05, 4.69) is 10.5 Å². The quantitative estimate of drug-likeness (QED) is 0.759. The number of hydroxylamine groups is 1. The summed E-state index contributed by atoms with van der Waals surface area (Å²) in [5.41, 5.74) is 1.57. The molecule has 1 aromatic rings. The topological polar surface area (TPSA) is 51.2 Å². The lowest BCUT2D eigenvalue weighted by atomic mass is 10.2. The van der Waals surface area contributed by atoms with Crippen LogP contribution in [0.1, 0.15) is 31.1 Å². The van der Waals surface area contributed by atoms with Crippen LogP contribution in [-0.2, 0) is 4.84 Å². The number of carbonyl (C=O) groups excluding carboxylic acids is 1. The molecule has 82 valence electrons. The minimum absolute atomic E-state index is 0.0887. The summed E-state index contributed by atoms with van der Waals surface area (Å²) in [6, 6.07) is 1.29. The summed E-state index contributed by atoms with van der Waals surface area (Å²) in [7, 11) is 0. The standard InChI is InChI=1S/C10H13FN2O2/c1-10(2,3)15-13-9(14)7-4-5-12-6-8(7)11/h4-6H,1-3H3,(H,13,14). The van der Waals surface area contributed by atoms with Crippen LogP contribution >= 0.6 is 0 Å². The third kappa shape index (κ3) is 3.63. The van der Waals surface area contributed by atoms with E-state index in [0.29, 0.717) is 0 Å². The highest BCUT2D eigenvalue weighted by Gasteiger charge is 2.16. The number of pyridine rings is 1. The SMILES string of the molecule is CC(C)(C)ONC(=O)c1ccncc1F. The number of rotatable bonds is 2. The fourth-order valence-electron chi connectivity index (χ4n) is 0.814. The van der Waals surface area contributed by atoms with E-state index in [9.17, 15) is 9.18 Å². The third-order valence-corrected chi connectivity index (χ3v) is 1.47. The van der Waals surface area contributed by atoms with Gasteiger partial charge in [-0.3, -0.25) is 14.6 Å². The average molecular weight is 212 g/mol. The van der Waals surface area contributed by atoms with E-state index in [0.717, 1.165) is 6.20 Å². The van der Waals surface area contributed by atoms with E-state index in [1.54, 1.807) is 20.8 Å². The van der Waals surface area contributed by atoms with Crippen molar-refractivity contribution in [1.82, 2.24) is 10.5 Å². The predicted octanol–water partition coefficient (Wildman–Crippen LogP) is 1.68. The molecule has 0 aromatic carbocycles. The van der Waals surface area contributed by atoms with Gasteiger partial charge in [0.2, 0.25) is 0 Å². The fourth-order valence-corrected chi connectivity index (χ4v) is 0.814. The first-order chi connectivity index (χ1) is 6.90. The zero-order valence-corrected chi connectivity index (χ0v) is 8.87. The molecule has 0 fully saturated rings. The van der Waals surface area contributed by atoms with E-state index < -0.39 is 17.3 Å². The van der Waals surface area contributed by atoms with Gasteiger partial charge in [0.25, 0.3) is 5.91 Å². The highest BCUT2D eigenvalue weighted by atomic mass is 19.1. The summed E-state index contributed by atoms with van der Waals surface area (Å²) in [5, 5.41) is 0. The molecule has 5 heteroatoms. The number of halogens is 1. The molecule has 0 aliphatic carbocycles. The maximum Gasteiger partial charge on any atom is 0.277 e. The van der Waals surface area contributed by atoms with Crippen LogP contribution in [0.2, 0.25) is 0 Å². The molecule has 1 N–H and O–H groups in total. The van der Waals surface area contributed by atoms with Gasteiger partial charge in [-0.05, 0) is 26.8 Å². The molecule has 15 heavy (non-hydrogen) atoms. The summed E-state index contributed by atoms with van der Waals surface area (Å²) in [6.07, 6.45) is 2.32. The Bertz CT molecular complexity index is 361. The van der Waals surface area contributed by atoms with Crippen molar-refractivity contribution < 1.29 is 14.0 Å². The highest BCUT2D eigenvalue weighted by Crippen LogP contribution is 2.07. The fraction of sp³-hybridized carbons (Fsp3) is 0.400. The third-order valence-electron chi connectivity index (χ3n) is 1.47. The van der Waals surface area contributed by atoms with Gasteiger partial charge < -0.3 is 0 Å². The largest absolute Gasteiger partial charge is 0.277 e. The predicted molar refractivity (Wildman–Crippen MR) is 52.5 cm³/mol. The maximum absolute atomic E-state index is 13.1. The molecule has 1 rings (SSSR count). The van der Waals surface area contributed by atoms with Gasteiger partial charge in [-0.15, -0.1) is 0 Å². The smallest absolute Gasteiger partial charge is 0.268 e. The van der Waals surface area contributed by atoms with Crippen LogP contribution in [0.5, 0.6) is 0 Å². The van der Waals surface area contributed by atoms with Gasteiger partial charge in [0.1, 0.15) is 0 Å². The normalized spacial score (nSPS) is 11.2. The Hall–Kier alpha value is -1.49. The second-order valence-corrected chi connectivity index (χ2v) is 4.00. The molecule has 0 bridgehead atoms. The zero-order chi connectivity index (χ0) is 11.5. The van der Waals surface area contributed by atoms with Crippen molar-refractivity contribution in [3.63, 3.8) is 0 Å². The molecule has 0 unspecified atom stereocenters. The van der Waals surface area contributed by atoms with Crippen LogP contribution in [0.4, 0.5) is 4.39 Å². The number of hydrogen-bond donors (Lipinski definition) is 1. The van der Waals surface area contributed by atoms with Crippen molar-refractivity contribution in [2.75, 3.05) is 0 Å². The van der Waals surface area contributed by atoms with Gasteiger partial charge in [-0.25, -0.2) is 9.87 Å².